The molecule has 0 saturated carbocycles. The summed E-state index contributed by atoms with van der Waals surface area (Å²) < 4.78 is 0. The summed E-state index contributed by atoms with van der Waals surface area (Å²) in [7, 11) is 0. The number of nitrogens with one attached hydrogen (secondary N) is 1. The standard InChI is InChI=1S/C32H22N2O5/c35-29(33-24-15-6-5-14-23(24)32(38)39)17-8-7-9-18(16-17)34-30(36)27-25-19-10-1-2-11-20(19)26(28(27)31(34)37)22-13-4-3-12-21(22)25/h1-16,25-28H,(H,33,35)(H,38,39)/t25?,26?,27-,28+. The summed E-state index contributed by atoms with van der Waals surface area (Å²) in [5.41, 5.74) is 5.03. The molecule has 4 aromatic rings. The molecule has 2 bridgehead atoms. The summed E-state index contributed by atoms with van der Waals surface area (Å²) in [6.45, 7) is 0. The maximum Gasteiger partial charge on any atom is 0.337 e. The molecule has 7 heteroatoms. The maximum atomic E-state index is 14.0. The zero-order valence-electron chi connectivity index (χ0n) is 20.6. The number of anilines is 2. The van der Waals surface area contributed by atoms with Gasteiger partial charge in [-0.1, -0.05) is 66.7 Å². The van der Waals surface area contributed by atoms with Crippen molar-refractivity contribution in [3.05, 3.63) is 130 Å². The molecule has 8 rings (SSSR count). The van der Waals surface area contributed by atoms with E-state index in [-0.39, 0.29) is 40.5 Å². The van der Waals surface area contributed by atoms with Gasteiger partial charge in [-0.15, -0.1) is 0 Å². The molecule has 3 aliphatic carbocycles. The summed E-state index contributed by atoms with van der Waals surface area (Å²) in [6, 6.07) is 28.6. The number of carboxylic acids is 1. The van der Waals surface area contributed by atoms with Gasteiger partial charge in [-0.05, 0) is 52.6 Å². The molecule has 7 nitrogen and oxygen atoms in total. The average molecular weight is 515 g/mol. The van der Waals surface area contributed by atoms with E-state index in [2.05, 4.69) is 29.6 Å². The lowest BCUT2D eigenvalue weighted by molar-refractivity contribution is -0.122. The van der Waals surface area contributed by atoms with E-state index >= 15 is 0 Å². The first-order valence-corrected chi connectivity index (χ1v) is 12.7. The molecule has 1 saturated heterocycles. The van der Waals surface area contributed by atoms with Crippen LogP contribution in [0.3, 0.4) is 0 Å². The smallest absolute Gasteiger partial charge is 0.337 e. The number of carbonyl (C=O) groups is 4. The Morgan fingerprint density at radius 3 is 1.72 bits per heavy atom. The molecule has 2 N–H and O–H groups in total. The van der Waals surface area contributed by atoms with Gasteiger partial charge < -0.3 is 10.4 Å². The van der Waals surface area contributed by atoms with Crippen molar-refractivity contribution in [3.8, 4) is 0 Å². The van der Waals surface area contributed by atoms with E-state index in [1.807, 2.05) is 24.3 Å². The number of benzene rings is 4. The molecule has 2 atom stereocenters. The Kier molecular flexibility index (Phi) is 5.03. The molecule has 1 aliphatic heterocycles. The highest BCUT2D eigenvalue weighted by Gasteiger charge is 2.61. The Bertz CT molecular complexity index is 1610. The molecule has 1 fully saturated rings. The molecule has 190 valence electrons. The second kappa shape index (κ2) is 8.49. The van der Waals surface area contributed by atoms with Crippen LogP contribution in [0.15, 0.2) is 97.1 Å². The van der Waals surface area contributed by atoms with Crippen LogP contribution in [0.1, 0.15) is 54.8 Å². The third-order valence-corrected chi connectivity index (χ3v) is 8.22. The Labute approximate surface area is 223 Å². The monoisotopic (exact) mass is 514 g/mol. The number of rotatable bonds is 4. The normalized spacial score (nSPS) is 22.2. The van der Waals surface area contributed by atoms with Crippen LogP contribution in [0, 0.1) is 11.8 Å². The average Bonchev–Trinajstić information content (AvgIpc) is 3.23. The Morgan fingerprint density at radius 2 is 1.18 bits per heavy atom. The molecule has 0 radical (unpaired) electrons. The number of carboxylic acid groups (broad SMARTS) is 1. The minimum atomic E-state index is -1.16. The highest BCUT2D eigenvalue weighted by atomic mass is 16.4. The number of carbonyl (C=O) groups excluding carboxylic acids is 3. The predicted octanol–water partition coefficient (Wildman–Crippen LogP) is 5.03. The van der Waals surface area contributed by atoms with Gasteiger partial charge in [-0.3, -0.25) is 14.4 Å². The number of nitrogens with zero attached hydrogens (tertiary/aromatic N) is 1. The van der Waals surface area contributed by atoms with Crippen LogP contribution in [-0.2, 0) is 9.59 Å². The second-order valence-corrected chi connectivity index (χ2v) is 10.1. The van der Waals surface area contributed by atoms with Crippen LogP contribution in [-0.4, -0.2) is 28.8 Å². The van der Waals surface area contributed by atoms with Crippen molar-refractivity contribution in [2.75, 3.05) is 10.2 Å². The lowest BCUT2D eigenvalue weighted by Gasteiger charge is -2.45. The van der Waals surface area contributed by atoms with Crippen LogP contribution >= 0.6 is 0 Å². The van der Waals surface area contributed by atoms with Gasteiger partial charge in [-0.2, -0.15) is 0 Å². The number of aromatic carboxylic acids is 1. The molecular weight excluding hydrogens is 492 g/mol. The number of para-hydroxylation sites is 1. The van der Waals surface area contributed by atoms with Gasteiger partial charge in [0.2, 0.25) is 11.8 Å². The zero-order valence-corrected chi connectivity index (χ0v) is 20.6. The molecule has 0 unspecified atom stereocenters. The van der Waals surface area contributed by atoms with Gasteiger partial charge >= 0.3 is 5.97 Å². The van der Waals surface area contributed by atoms with E-state index in [4.69, 9.17) is 0 Å². The van der Waals surface area contributed by atoms with Gasteiger partial charge in [0.15, 0.2) is 0 Å². The third-order valence-electron chi connectivity index (χ3n) is 8.22. The maximum absolute atomic E-state index is 14.0. The minimum Gasteiger partial charge on any atom is -0.478 e. The van der Waals surface area contributed by atoms with Crippen molar-refractivity contribution in [2.45, 2.75) is 11.8 Å². The summed E-state index contributed by atoms with van der Waals surface area (Å²) in [5, 5.41) is 12.1. The summed E-state index contributed by atoms with van der Waals surface area (Å²) in [5.74, 6) is -3.70. The fourth-order valence-electron chi connectivity index (χ4n) is 6.69. The molecule has 39 heavy (non-hydrogen) atoms. The second-order valence-electron chi connectivity index (χ2n) is 10.1. The van der Waals surface area contributed by atoms with Gasteiger partial charge in [0, 0.05) is 17.4 Å². The van der Waals surface area contributed by atoms with Crippen molar-refractivity contribution < 1.29 is 24.3 Å². The van der Waals surface area contributed by atoms with Crippen molar-refractivity contribution in [3.63, 3.8) is 0 Å². The quantitative estimate of drug-likeness (QED) is 0.372. The molecule has 3 amide bonds. The van der Waals surface area contributed by atoms with Crippen LogP contribution in [0.2, 0.25) is 0 Å². The molecule has 4 aliphatic rings. The Hall–Kier alpha value is -5.04. The van der Waals surface area contributed by atoms with Crippen molar-refractivity contribution >= 4 is 35.1 Å². The first-order chi connectivity index (χ1) is 19.0. The molecule has 1 heterocycles. The Balaban J connectivity index is 1.25. The minimum absolute atomic E-state index is 0.0365. The lowest BCUT2D eigenvalue weighted by Crippen LogP contribution is -2.41. The zero-order chi connectivity index (χ0) is 26.8. The molecule has 4 aromatic carbocycles. The molecular formula is C32H22N2O5. The first kappa shape index (κ1) is 23.1. The van der Waals surface area contributed by atoms with E-state index < -0.39 is 23.7 Å². The molecule has 0 aromatic heterocycles. The van der Waals surface area contributed by atoms with Gasteiger partial charge in [0.25, 0.3) is 5.91 Å². The van der Waals surface area contributed by atoms with Crippen LogP contribution < -0.4 is 10.2 Å². The van der Waals surface area contributed by atoms with Crippen LogP contribution in [0.25, 0.3) is 0 Å². The van der Waals surface area contributed by atoms with E-state index in [1.54, 1.807) is 30.3 Å². The van der Waals surface area contributed by atoms with Gasteiger partial charge in [0.1, 0.15) is 0 Å². The SMILES string of the molecule is O=C(Nc1ccccc1C(=O)O)c1cccc(N2C(=O)[C@@H]3C4c5ccccc5C(c5ccccc54)[C@@H]3C2=O)c1. The Morgan fingerprint density at radius 1 is 0.667 bits per heavy atom. The van der Waals surface area contributed by atoms with Crippen molar-refractivity contribution in [2.24, 2.45) is 11.8 Å². The highest BCUT2D eigenvalue weighted by molar-refractivity contribution is 6.24. The van der Waals surface area contributed by atoms with E-state index in [9.17, 15) is 24.3 Å². The van der Waals surface area contributed by atoms with E-state index in [0.717, 1.165) is 22.3 Å². The third kappa shape index (κ3) is 3.29. The number of hydrogen-bond donors (Lipinski definition) is 2. The first-order valence-electron chi connectivity index (χ1n) is 12.7. The summed E-state index contributed by atoms with van der Waals surface area (Å²) in [6.07, 6.45) is 0. The van der Waals surface area contributed by atoms with Gasteiger partial charge in [0.05, 0.1) is 28.8 Å². The fraction of sp³-hybridized carbons (Fsp3) is 0.125. The van der Waals surface area contributed by atoms with Crippen LogP contribution in [0.5, 0.6) is 0 Å². The lowest BCUT2D eigenvalue weighted by atomic mass is 9.55. The number of amides is 3. The summed E-state index contributed by atoms with van der Waals surface area (Å²) >= 11 is 0. The number of hydrogen-bond acceptors (Lipinski definition) is 4. The van der Waals surface area contributed by atoms with E-state index in [1.165, 1.54) is 23.1 Å². The van der Waals surface area contributed by atoms with Gasteiger partial charge in [-0.25, -0.2) is 9.69 Å². The summed E-state index contributed by atoms with van der Waals surface area (Å²) in [4.78, 5) is 53.9. The van der Waals surface area contributed by atoms with E-state index in [0.29, 0.717) is 5.69 Å². The highest BCUT2D eigenvalue weighted by Crippen LogP contribution is 2.61. The fourth-order valence-corrected chi connectivity index (χ4v) is 6.69. The van der Waals surface area contributed by atoms with Crippen molar-refractivity contribution in [1.82, 2.24) is 0 Å². The predicted molar refractivity (Wildman–Crippen MR) is 144 cm³/mol. The largest absolute Gasteiger partial charge is 0.478 e. The number of imide groups is 1. The molecule has 0 spiro atoms. The van der Waals surface area contributed by atoms with Crippen molar-refractivity contribution in [1.29, 1.82) is 0 Å². The topological polar surface area (TPSA) is 104 Å². The van der Waals surface area contributed by atoms with Crippen LogP contribution in [0.4, 0.5) is 11.4 Å².